The third kappa shape index (κ3) is 5.42. The van der Waals surface area contributed by atoms with Crippen molar-refractivity contribution in [1.82, 2.24) is 10.2 Å². The average molecular weight is 321 g/mol. The van der Waals surface area contributed by atoms with Gasteiger partial charge >= 0.3 is 0 Å². The third-order valence-corrected chi connectivity index (χ3v) is 3.60. The summed E-state index contributed by atoms with van der Waals surface area (Å²) in [7, 11) is 1.59. The summed E-state index contributed by atoms with van der Waals surface area (Å²) in [4.78, 5) is 11.8. The van der Waals surface area contributed by atoms with Crippen LogP contribution in [-0.4, -0.2) is 29.8 Å². The fraction of sp³-hybridized carbons (Fsp3) is 0.400. The van der Waals surface area contributed by atoms with E-state index in [0.717, 1.165) is 16.3 Å². The molecule has 1 heterocycles. The van der Waals surface area contributed by atoms with Crippen LogP contribution in [0.15, 0.2) is 24.3 Å². The number of carbonyl (C=O) groups excluding carboxylic acids is 1. The smallest absolute Gasteiger partial charge is 0.226 e. The first kappa shape index (κ1) is 16.4. The topological polar surface area (TPSA) is 73.3 Å². The van der Waals surface area contributed by atoms with Gasteiger partial charge in [-0.2, -0.15) is 0 Å². The number of carbonyl (C=O) groups is 1. The standard InChI is InChI=1S/C15H19N3O3S/c1-11-5-3-6-12(9-11)21-8-4-7-13(19)16-15-18-17-14(22-15)10-20-2/h3,5-6,9H,4,7-8,10H2,1-2H3,(H,16,18,19). The highest BCUT2D eigenvalue weighted by atomic mass is 32.1. The number of nitrogens with zero attached hydrogens (tertiary/aromatic N) is 2. The van der Waals surface area contributed by atoms with Gasteiger partial charge in [0.15, 0.2) is 0 Å². The van der Waals surface area contributed by atoms with Gasteiger partial charge < -0.3 is 14.8 Å². The summed E-state index contributed by atoms with van der Waals surface area (Å²) in [5.41, 5.74) is 1.15. The second-order valence-electron chi connectivity index (χ2n) is 4.75. The number of amides is 1. The number of nitrogens with one attached hydrogen (secondary N) is 1. The Morgan fingerprint density at radius 1 is 1.36 bits per heavy atom. The zero-order chi connectivity index (χ0) is 15.8. The monoisotopic (exact) mass is 321 g/mol. The number of benzene rings is 1. The largest absolute Gasteiger partial charge is 0.494 e. The number of methoxy groups -OCH3 is 1. The molecule has 0 atom stereocenters. The predicted molar refractivity (Wildman–Crippen MR) is 85.2 cm³/mol. The highest BCUT2D eigenvalue weighted by Crippen LogP contribution is 2.16. The first-order valence-electron chi connectivity index (χ1n) is 6.98. The molecular weight excluding hydrogens is 302 g/mol. The summed E-state index contributed by atoms with van der Waals surface area (Å²) in [5.74, 6) is 0.738. The van der Waals surface area contributed by atoms with Crippen molar-refractivity contribution in [2.75, 3.05) is 19.0 Å². The molecule has 1 aromatic carbocycles. The van der Waals surface area contributed by atoms with Gasteiger partial charge in [0.25, 0.3) is 0 Å². The Morgan fingerprint density at radius 3 is 3.00 bits per heavy atom. The summed E-state index contributed by atoms with van der Waals surface area (Å²) in [6, 6.07) is 7.84. The first-order valence-corrected chi connectivity index (χ1v) is 7.79. The Balaban J connectivity index is 1.67. The lowest BCUT2D eigenvalue weighted by Crippen LogP contribution is -2.12. The lowest BCUT2D eigenvalue weighted by molar-refractivity contribution is -0.116. The van der Waals surface area contributed by atoms with Crippen LogP contribution in [0.4, 0.5) is 5.13 Å². The minimum atomic E-state index is -0.0899. The van der Waals surface area contributed by atoms with Crippen molar-refractivity contribution >= 4 is 22.4 Å². The van der Waals surface area contributed by atoms with Crippen molar-refractivity contribution in [3.05, 3.63) is 34.8 Å². The second-order valence-corrected chi connectivity index (χ2v) is 5.81. The lowest BCUT2D eigenvalue weighted by atomic mass is 10.2. The number of ether oxygens (including phenoxy) is 2. The van der Waals surface area contributed by atoms with Crippen molar-refractivity contribution in [3.8, 4) is 5.75 Å². The Morgan fingerprint density at radius 2 is 2.23 bits per heavy atom. The van der Waals surface area contributed by atoms with E-state index in [9.17, 15) is 4.79 Å². The molecule has 2 aromatic rings. The molecule has 6 nitrogen and oxygen atoms in total. The molecule has 2 rings (SSSR count). The molecule has 0 aliphatic rings. The van der Waals surface area contributed by atoms with Crippen LogP contribution in [0.5, 0.6) is 5.75 Å². The summed E-state index contributed by atoms with van der Waals surface area (Å²) in [6.45, 7) is 2.92. The summed E-state index contributed by atoms with van der Waals surface area (Å²) in [5, 5.41) is 11.7. The van der Waals surface area contributed by atoms with E-state index in [-0.39, 0.29) is 5.91 Å². The van der Waals surface area contributed by atoms with Crippen molar-refractivity contribution in [2.24, 2.45) is 0 Å². The second kappa shape index (κ2) is 8.45. The van der Waals surface area contributed by atoms with Crippen LogP contribution in [0.2, 0.25) is 0 Å². The van der Waals surface area contributed by atoms with Crippen LogP contribution in [0, 0.1) is 6.92 Å². The van der Waals surface area contributed by atoms with Gasteiger partial charge in [0.1, 0.15) is 17.4 Å². The minimum Gasteiger partial charge on any atom is -0.494 e. The van der Waals surface area contributed by atoms with E-state index < -0.39 is 0 Å². The van der Waals surface area contributed by atoms with E-state index in [1.54, 1.807) is 7.11 Å². The van der Waals surface area contributed by atoms with Gasteiger partial charge in [-0.3, -0.25) is 4.79 Å². The van der Waals surface area contributed by atoms with Crippen LogP contribution >= 0.6 is 11.3 Å². The summed E-state index contributed by atoms with van der Waals surface area (Å²) in [6.07, 6.45) is 1.02. The molecule has 118 valence electrons. The summed E-state index contributed by atoms with van der Waals surface area (Å²) >= 11 is 1.31. The molecule has 0 unspecified atom stereocenters. The lowest BCUT2D eigenvalue weighted by Gasteiger charge is -2.06. The Kier molecular flexibility index (Phi) is 6.29. The number of anilines is 1. The summed E-state index contributed by atoms with van der Waals surface area (Å²) < 4.78 is 10.6. The Bertz CT molecular complexity index is 616. The van der Waals surface area contributed by atoms with Gasteiger partial charge in [0.2, 0.25) is 11.0 Å². The Hall–Kier alpha value is -1.99. The van der Waals surface area contributed by atoms with E-state index in [4.69, 9.17) is 9.47 Å². The van der Waals surface area contributed by atoms with E-state index >= 15 is 0 Å². The maximum Gasteiger partial charge on any atom is 0.226 e. The molecule has 0 radical (unpaired) electrons. The van der Waals surface area contributed by atoms with Crippen LogP contribution in [0.1, 0.15) is 23.4 Å². The number of hydrogen-bond acceptors (Lipinski definition) is 6. The maximum atomic E-state index is 11.8. The molecule has 0 saturated carbocycles. The van der Waals surface area contributed by atoms with E-state index in [0.29, 0.717) is 31.2 Å². The van der Waals surface area contributed by atoms with Crippen molar-refractivity contribution in [3.63, 3.8) is 0 Å². The molecule has 0 bridgehead atoms. The van der Waals surface area contributed by atoms with Gasteiger partial charge in [-0.05, 0) is 31.0 Å². The zero-order valence-corrected chi connectivity index (χ0v) is 13.5. The van der Waals surface area contributed by atoms with Crippen molar-refractivity contribution < 1.29 is 14.3 Å². The molecule has 7 heteroatoms. The van der Waals surface area contributed by atoms with Gasteiger partial charge in [0, 0.05) is 13.5 Å². The van der Waals surface area contributed by atoms with Crippen LogP contribution in [0.25, 0.3) is 0 Å². The van der Waals surface area contributed by atoms with Crippen LogP contribution in [-0.2, 0) is 16.1 Å². The van der Waals surface area contributed by atoms with E-state index in [1.165, 1.54) is 11.3 Å². The number of aromatic nitrogens is 2. The molecule has 0 aliphatic carbocycles. The van der Waals surface area contributed by atoms with E-state index in [2.05, 4.69) is 15.5 Å². The zero-order valence-electron chi connectivity index (χ0n) is 12.7. The molecule has 1 amide bonds. The quantitative estimate of drug-likeness (QED) is 0.757. The van der Waals surface area contributed by atoms with Gasteiger partial charge in [0.05, 0.1) is 6.61 Å². The molecule has 1 aromatic heterocycles. The Labute approximate surface area is 133 Å². The fourth-order valence-corrected chi connectivity index (χ4v) is 2.52. The highest BCUT2D eigenvalue weighted by Gasteiger charge is 2.08. The molecule has 1 N–H and O–H groups in total. The number of hydrogen-bond donors (Lipinski definition) is 1. The van der Waals surface area contributed by atoms with Crippen molar-refractivity contribution in [2.45, 2.75) is 26.4 Å². The predicted octanol–water partition coefficient (Wildman–Crippen LogP) is 2.79. The van der Waals surface area contributed by atoms with E-state index in [1.807, 2.05) is 31.2 Å². The van der Waals surface area contributed by atoms with Gasteiger partial charge in [-0.15, -0.1) is 10.2 Å². The fourth-order valence-electron chi connectivity index (χ4n) is 1.80. The van der Waals surface area contributed by atoms with Gasteiger partial charge in [-0.25, -0.2) is 0 Å². The molecule has 0 aliphatic heterocycles. The van der Waals surface area contributed by atoms with Gasteiger partial charge in [-0.1, -0.05) is 23.5 Å². The average Bonchev–Trinajstić information content (AvgIpc) is 2.91. The van der Waals surface area contributed by atoms with Crippen LogP contribution in [0.3, 0.4) is 0 Å². The minimum absolute atomic E-state index is 0.0899. The van der Waals surface area contributed by atoms with Crippen LogP contribution < -0.4 is 10.1 Å². The number of rotatable bonds is 8. The molecule has 0 spiro atoms. The number of aryl methyl sites for hydroxylation is 1. The first-order chi connectivity index (χ1) is 10.7. The van der Waals surface area contributed by atoms with Crippen molar-refractivity contribution in [1.29, 1.82) is 0 Å². The SMILES string of the molecule is COCc1nnc(NC(=O)CCCOc2cccc(C)c2)s1. The third-order valence-electron chi connectivity index (χ3n) is 2.79. The maximum absolute atomic E-state index is 11.8. The molecule has 0 saturated heterocycles. The normalized spacial score (nSPS) is 10.5. The highest BCUT2D eigenvalue weighted by molar-refractivity contribution is 7.15. The molecular formula is C15H19N3O3S. The molecule has 22 heavy (non-hydrogen) atoms. The molecule has 0 fully saturated rings.